The van der Waals surface area contributed by atoms with Gasteiger partial charge in [-0.05, 0) is 32.6 Å². The molecule has 0 aliphatic carbocycles. The normalized spacial score (nSPS) is 13.2. The number of nitrogens with one attached hydrogen (secondary N) is 1. The molecular formula is C37H73N2+. The monoisotopic (exact) mass is 546 g/mol. The van der Waals surface area contributed by atoms with Gasteiger partial charge in [0.1, 0.15) is 12.4 Å². The van der Waals surface area contributed by atoms with Crippen molar-refractivity contribution in [1.29, 1.82) is 0 Å². The van der Waals surface area contributed by atoms with Gasteiger partial charge in [-0.15, -0.1) is 0 Å². The Morgan fingerprint density at radius 3 is 1.21 bits per heavy atom. The van der Waals surface area contributed by atoms with Crippen molar-refractivity contribution in [1.82, 2.24) is 4.98 Å². The van der Waals surface area contributed by atoms with Crippen molar-refractivity contribution in [2.75, 3.05) is 0 Å². The maximum atomic E-state index is 3.73. The molecule has 1 rings (SSSR count). The van der Waals surface area contributed by atoms with Crippen molar-refractivity contribution in [2.45, 2.75) is 219 Å². The molecule has 0 amide bonds. The molecule has 230 valence electrons. The van der Waals surface area contributed by atoms with E-state index in [1.165, 1.54) is 186 Å². The summed E-state index contributed by atoms with van der Waals surface area (Å²) >= 11 is 0. The Hall–Kier alpha value is -0.790. The minimum Gasteiger partial charge on any atom is -0.247 e. The lowest BCUT2D eigenvalue weighted by Crippen LogP contribution is -2.41. The van der Waals surface area contributed by atoms with E-state index in [-0.39, 0.29) is 0 Å². The van der Waals surface area contributed by atoms with Gasteiger partial charge in [-0.1, -0.05) is 175 Å². The average molecular weight is 546 g/mol. The molecule has 0 radical (unpaired) electrons. The number of nitrogens with zero attached hydrogens (tertiary/aromatic N) is 1. The van der Waals surface area contributed by atoms with Crippen LogP contribution >= 0.6 is 0 Å². The molecule has 2 atom stereocenters. The number of imidazole rings is 1. The van der Waals surface area contributed by atoms with Crippen LogP contribution in [0.1, 0.15) is 225 Å². The first-order valence-electron chi connectivity index (χ1n) is 18.3. The van der Waals surface area contributed by atoms with E-state index >= 15 is 0 Å². The number of aromatic nitrogens is 2. The number of H-pyrrole nitrogens is 1. The standard InChI is InChI=1S/C37H72N2/c1-5-8-11-14-17-19-21-23-26-29-32-36(31-28-25-22-20-18-15-12-9-6-2)37-38-33-34-39(37)35(4)30-27-24-16-13-10-7-3/h33-36H,5-32H2,1-4H3/p+1. The molecule has 0 fully saturated rings. The minimum atomic E-state index is 0.621. The second kappa shape index (κ2) is 27.4. The zero-order chi connectivity index (χ0) is 28.2. The third-order valence-electron chi connectivity index (χ3n) is 9.14. The molecule has 0 aromatic carbocycles. The number of rotatable bonds is 30. The smallest absolute Gasteiger partial charge is 0.247 e. The molecule has 0 bridgehead atoms. The average Bonchev–Trinajstić information content (AvgIpc) is 3.44. The molecule has 39 heavy (non-hydrogen) atoms. The maximum Gasteiger partial charge on any atom is 0.257 e. The van der Waals surface area contributed by atoms with Crippen LogP contribution in [0, 0.1) is 0 Å². The van der Waals surface area contributed by atoms with E-state index in [2.05, 4.69) is 49.6 Å². The third-order valence-corrected chi connectivity index (χ3v) is 9.14. The van der Waals surface area contributed by atoms with Gasteiger partial charge in [-0.25, -0.2) is 9.55 Å². The van der Waals surface area contributed by atoms with Gasteiger partial charge in [0.2, 0.25) is 0 Å². The summed E-state index contributed by atoms with van der Waals surface area (Å²) in [7, 11) is 0. The summed E-state index contributed by atoms with van der Waals surface area (Å²) in [6.07, 6.45) is 44.2. The summed E-state index contributed by atoms with van der Waals surface area (Å²) < 4.78 is 2.63. The van der Waals surface area contributed by atoms with Crippen LogP contribution in [0.25, 0.3) is 0 Å². The highest BCUT2D eigenvalue weighted by Crippen LogP contribution is 2.27. The molecule has 2 heteroatoms. The molecular weight excluding hydrogens is 472 g/mol. The van der Waals surface area contributed by atoms with Crippen molar-refractivity contribution in [2.24, 2.45) is 0 Å². The van der Waals surface area contributed by atoms with E-state index in [0.29, 0.717) is 12.0 Å². The summed E-state index contributed by atoms with van der Waals surface area (Å²) in [5.41, 5.74) is 0. The van der Waals surface area contributed by atoms with Crippen LogP contribution in [-0.2, 0) is 0 Å². The molecule has 2 unspecified atom stereocenters. The van der Waals surface area contributed by atoms with E-state index in [0.717, 1.165) is 0 Å². The van der Waals surface area contributed by atoms with Crippen molar-refractivity contribution < 1.29 is 4.57 Å². The SMILES string of the molecule is CCCCCCCCCCCCC(CCCCCCCCCCC)c1[nH]cc[n+]1C(C)CCCCCCCC. The molecule has 0 aliphatic heterocycles. The molecule has 1 N–H and O–H groups in total. The third kappa shape index (κ3) is 19.8. The van der Waals surface area contributed by atoms with Crippen molar-refractivity contribution in [3.63, 3.8) is 0 Å². The molecule has 1 heterocycles. The van der Waals surface area contributed by atoms with Gasteiger partial charge in [0.15, 0.2) is 0 Å². The summed E-state index contributed by atoms with van der Waals surface area (Å²) in [4.78, 5) is 3.73. The van der Waals surface area contributed by atoms with E-state index in [4.69, 9.17) is 0 Å². The zero-order valence-corrected chi connectivity index (χ0v) is 27.6. The van der Waals surface area contributed by atoms with Crippen LogP contribution in [0.4, 0.5) is 0 Å². The molecule has 0 saturated carbocycles. The molecule has 0 spiro atoms. The largest absolute Gasteiger partial charge is 0.257 e. The number of hydrogen-bond acceptors (Lipinski definition) is 0. The Morgan fingerprint density at radius 1 is 0.487 bits per heavy atom. The van der Waals surface area contributed by atoms with Gasteiger partial charge in [0.05, 0.1) is 12.0 Å². The lowest BCUT2D eigenvalue weighted by atomic mass is 9.92. The van der Waals surface area contributed by atoms with Crippen LogP contribution in [0.2, 0.25) is 0 Å². The lowest BCUT2D eigenvalue weighted by Gasteiger charge is -2.17. The van der Waals surface area contributed by atoms with Crippen LogP contribution < -0.4 is 4.57 Å². The van der Waals surface area contributed by atoms with Crippen molar-refractivity contribution in [3.05, 3.63) is 18.2 Å². The quantitative estimate of drug-likeness (QED) is 0.0732. The lowest BCUT2D eigenvalue weighted by molar-refractivity contribution is -0.727. The predicted octanol–water partition coefficient (Wildman–Crippen LogP) is 12.9. The van der Waals surface area contributed by atoms with Crippen LogP contribution in [0.3, 0.4) is 0 Å². The summed E-state index contributed by atoms with van der Waals surface area (Å²) in [6, 6.07) is 0.621. The summed E-state index contributed by atoms with van der Waals surface area (Å²) in [6.45, 7) is 9.40. The zero-order valence-electron chi connectivity index (χ0n) is 27.6. The van der Waals surface area contributed by atoms with E-state index in [1.54, 1.807) is 0 Å². The molecule has 1 aromatic rings. The highest BCUT2D eigenvalue weighted by atomic mass is 15.1. The fraction of sp³-hybridized carbons (Fsp3) is 0.919. The minimum absolute atomic E-state index is 0.621. The molecule has 1 aromatic heterocycles. The number of unbranched alkanes of at least 4 members (excludes halogenated alkanes) is 22. The molecule has 2 nitrogen and oxygen atoms in total. The van der Waals surface area contributed by atoms with E-state index < -0.39 is 0 Å². The fourth-order valence-electron chi connectivity index (χ4n) is 6.43. The number of hydrogen-bond donors (Lipinski definition) is 1. The Bertz CT molecular complexity index is 606. The van der Waals surface area contributed by atoms with Crippen LogP contribution in [-0.4, -0.2) is 4.98 Å². The second-order valence-corrected chi connectivity index (χ2v) is 12.9. The maximum absolute atomic E-state index is 3.73. The Kier molecular flexibility index (Phi) is 25.4. The van der Waals surface area contributed by atoms with Gasteiger partial charge in [0.25, 0.3) is 5.82 Å². The second-order valence-electron chi connectivity index (χ2n) is 12.9. The molecule has 0 aliphatic rings. The van der Waals surface area contributed by atoms with Crippen molar-refractivity contribution >= 4 is 0 Å². The first-order valence-corrected chi connectivity index (χ1v) is 18.3. The van der Waals surface area contributed by atoms with Gasteiger partial charge in [-0.3, -0.25) is 0 Å². The van der Waals surface area contributed by atoms with Gasteiger partial charge in [-0.2, -0.15) is 0 Å². The fourth-order valence-corrected chi connectivity index (χ4v) is 6.43. The number of aromatic amines is 1. The first kappa shape index (κ1) is 36.2. The van der Waals surface area contributed by atoms with Gasteiger partial charge < -0.3 is 0 Å². The van der Waals surface area contributed by atoms with Gasteiger partial charge >= 0.3 is 0 Å². The Morgan fingerprint density at radius 2 is 0.821 bits per heavy atom. The van der Waals surface area contributed by atoms with E-state index in [9.17, 15) is 0 Å². The Labute approximate surface area is 246 Å². The van der Waals surface area contributed by atoms with Gasteiger partial charge in [0, 0.05) is 0 Å². The highest BCUT2D eigenvalue weighted by molar-refractivity contribution is 4.90. The highest BCUT2D eigenvalue weighted by Gasteiger charge is 2.25. The van der Waals surface area contributed by atoms with Crippen LogP contribution in [0.15, 0.2) is 12.4 Å². The Balaban J connectivity index is 2.46. The predicted molar refractivity (Wildman–Crippen MR) is 175 cm³/mol. The summed E-state index contributed by atoms with van der Waals surface area (Å²) in [5, 5.41) is 0. The van der Waals surface area contributed by atoms with E-state index in [1.807, 2.05) is 0 Å². The van der Waals surface area contributed by atoms with Crippen molar-refractivity contribution in [3.8, 4) is 0 Å². The first-order chi connectivity index (χ1) is 19.2. The molecule has 0 saturated heterocycles. The topological polar surface area (TPSA) is 19.7 Å². The van der Waals surface area contributed by atoms with Crippen LogP contribution in [0.5, 0.6) is 0 Å². The summed E-state index contributed by atoms with van der Waals surface area (Å²) in [5.74, 6) is 2.24.